The molecule has 0 saturated carbocycles. The van der Waals surface area contributed by atoms with Crippen LogP contribution in [0.3, 0.4) is 0 Å². The van der Waals surface area contributed by atoms with Gasteiger partial charge >= 0.3 is 46.6 Å². The van der Waals surface area contributed by atoms with Crippen molar-refractivity contribution in [2.75, 3.05) is 0 Å². The number of carbonyl (C=O) groups is 1. The van der Waals surface area contributed by atoms with Gasteiger partial charge in [0.2, 0.25) is 0 Å². The van der Waals surface area contributed by atoms with Crippen molar-refractivity contribution in [3.05, 3.63) is 95.4 Å². The standard InChI is InChI=1S/C5H5N3O2.C5H3N3O.C5H6N2O.C2H4O2.ClH.HNO2.Na/c9-5-6-2-1-4(8-5)3-7-10;6-3-4-1-2-7-5(9)8-4;1-4-2-3-6-5(8)7-4;1-2(3)4;;2-1-3;/h1-3,10H,(H,6,8,9);1-2H,(H,7,8,9);2-3H,1H3,(H,6,7,8);1H3,(H,3,4);1H;(H,2,3);/q;;;;;;+1/p-1/b7-3+;;;;;;. The van der Waals surface area contributed by atoms with Crippen LogP contribution in [0.2, 0.25) is 0 Å². The Morgan fingerprint density at radius 3 is 1.75 bits per heavy atom. The maximum atomic E-state index is 10.5. The third-order valence-electron chi connectivity index (χ3n) is 2.51. The SMILES string of the molecule is CC(=O)O.Cc1ccnc(=O)[nH]1.Cl.N#Cc1ccnc(=O)[nH]1.O=N[O-].O=c1nccc(/C=N/O)[nH]1.[Na+]. The summed E-state index contributed by atoms with van der Waals surface area (Å²) in [5.74, 6) is -0.833. The number of oxime groups is 1. The van der Waals surface area contributed by atoms with Crippen LogP contribution in [0.1, 0.15) is 24.0 Å². The Labute approximate surface area is 229 Å². The number of aromatic nitrogens is 6. The Kier molecular flexibility index (Phi) is 27.5. The van der Waals surface area contributed by atoms with Crippen LogP contribution in [0, 0.1) is 28.4 Å². The summed E-state index contributed by atoms with van der Waals surface area (Å²) in [6.45, 7) is 2.89. The van der Waals surface area contributed by atoms with E-state index < -0.39 is 17.3 Å². The second-order valence-electron chi connectivity index (χ2n) is 5.13. The van der Waals surface area contributed by atoms with Crippen molar-refractivity contribution >= 4 is 24.6 Å². The van der Waals surface area contributed by atoms with E-state index in [-0.39, 0.29) is 53.3 Å². The maximum Gasteiger partial charge on any atom is 1.00 e. The topological polar surface area (TPSA) is 283 Å². The molecule has 0 unspecified atom stereocenters. The number of rotatable bonds is 1. The Morgan fingerprint density at radius 2 is 1.44 bits per heavy atom. The Bertz CT molecular complexity index is 1250. The van der Waals surface area contributed by atoms with E-state index in [9.17, 15) is 14.4 Å². The number of aryl methyl sites for hydroxylation is 1. The first-order valence-corrected chi connectivity index (χ1v) is 8.44. The monoisotopic (exact) mass is 535 g/mol. The van der Waals surface area contributed by atoms with Crippen LogP contribution >= 0.6 is 12.4 Å². The summed E-state index contributed by atoms with van der Waals surface area (Å²) in [7, 11) is 0. The zero-order valence-corrected chi connectivity index (χ0v) is 21.8. The van der Waals surface area contributed by atoms with E-state index in [1.54, 1.807) is 12.1 Å². The van der Waals surface area contributed by atoms with Crippen LogP contribution in [-0.2, 0) is 4.79 Å². The third kappa shape index (κ3) is 26.0. The second-order valence-corrected chi connectivity index (χ2v) is 5.13. The molecular formula is C17H19ClN9NaO8. The predicted octanol–water partition coefficient (Wildman–Crippen LogP) is -2.93. The summed E-state index contributed by atoms with van der Waals surface area (Å²) in [4.78, 5) is 65.3. The molecule has 0 bridgehead atoms. The van der Waals surface area contributed by atoms with E-state index in [0.717, 1.165) is 24.2 Å². The van der Waals surface area contributed by atoms with Crippen LogP contribution in [0.4, 0.5) is 0 Å². The summed E-state index contributed by atoms with van der Waals surface area (Å²) in [5.41, 5.74) is 0.249. The summed E-state index contributed by atoms with van der Waals surface area (Å²) in [5, 5.41) is 35.4. The minimum atomic E-state index is -0.833. The van der Waals surface area contributed by atoms with Crippen LogP contribution in [0.15, 0.2) is 61.7 Å². The fourth-order valence-electron chi connectivity index (χ4n) is 1.41. The minimum absolute atomic E-state index is 0. The summed E-state index contributed by atoms with van der Waals surface area (Å²) >= 11 is 0. The Morgan fingerprint density at radius 1 is 1.03 bits per heavy atom. The van der Waals surface area contributed by atoms with Crippen molar-refractivity contribution in [2.24, 2.45) is 10.5 Å². The van der Waals surface area contributed by atoms with E-state index in [4.69, 9.17) is 30.5 Å². The van der Waals surface area contributed by atoms with E-state index in [2.05, 4.69) is 35.1 Å². The number of hydrogen-bond acceptors (Lipinski definition) is 13. The van der Waals surface area contributed by atoms with Gasteiger partial charge in [-0.3, -0.25) is 9.78 Å². The molecule has 0 aromatic carbocycles. The number of nitriles is 1. The number of nitrogens with one attached hydrogen (secondary N) is 3. The molecule has 3 heterocycles. The summed E-state index contributed by atoms with van der Waals surface area (Å²) in [6, 6.07) is 6.46. The van der Waals surface area contributed by atoms with Gasteiger partial charge in [0.05, 0.1) is 11.9 Å². The smallest absolute Gasteiger partial charge is 0.481 e. The van der Waals surface area contributed by atoms with Gasteiger partial charge in [0.15, 0.2) is 0 Å². The zero-order valence-electron chi connectivity index (χ0n) is 19.0. The van der Waals surface area contributed by atoms with Crippen LogP contribution in [0.25, 0.3) is 0 Å². The summed E-state index contributed by atoms with van der Waals surface area (Å²) < 4.78 is 0. The second kappa shape index (κ2) is 25.4. The molecule has 0 fully saturated rings. The number of aliphatic carboxylic acids is 1. The van der Waals surface area contributed by atoms with E-state index in [1.807, 2.05) is 6.92 Å². The number of hydrogen-bond donors (Lipinski definition) is 5. The first kappa shape index (κ1) is 39.0. The van der Waals surface area contributed by atoms with Gasteiger partial charge in [-0.2, -0.15) is 5.26 Å². The molecule has 3 rings (SSSR count). The molecule has 0 saturated heterocycles. The maximum absolute atomic E-state index is 10.5. The molecule has 19 heteroatoms. The van der Waals surface area contributed by atoms with Crippen molar-refractivity contribution in [3.63, 3.8) is 0 Å². The molecule has 3 aromatic rings. The summed E-state index contributed by atoms with van der Waals surface area (Å²) in [6.07, 6.45) is 5.21. The number of carboxylic acid groups (broad SMARTS) is 1. The van der Waals surface area contributed by atoms with Gasteiger partial charge in [0, 0.05) is 31.2 Å². The first-order valence-electron chi connectivity index (χ1n) is 8.44. The van der Waals surface area contributed by atoms with Crippen molar-refractivity contribution in [1.82, 2.24) is 29.9 Å². The van der Waals surface area contributed by atoms with Crippen LogP contribution < -0.4 is 46.6 Å². The minimum Gasteiger partial charge on any atom is -0.481 e. The van der Waals surface area contributed by atoms with E-state index >= 15 is 0 Å². The number of halogens is 1. The normalized spacial score (nSPS) is 8.03. The zero-order chi connectivity index (χ0) is 26.4. The van der Waals surface area contributed by atoms with E-state index in [0.29, 0.717) is 5.69 Å². The van der Waals surface area contributed by atoms with Crippen molar-refractivity contribution < 1.29 is 44.7 Å². The third-order valence-corrected chi connectivity index (χ3v) is 2.51. The van der Waals surface area contributed by atoms with Crippen LogP contribution in [-0.4, -0.2) is 52.4 Å². The average Bonchev–Trinajstić information content (AvgIpc) is 2.75. The van der Waals surface area contributed by atoms with Gasteiger partial charge in [0.25, 0.3) is 5.97 Å². The van der Waals surface area contributed by atoms with Gasteiger partial charge in [-0.15, -0.1) is 17.7 Å². The first-order chi connectivity index (χ1) is 16.1. The molecule has 36 heavy (non-hydrogen) atoms. The number of aromatic amines is 3. The van der Waals surface area contributed by atoms with Gasteiger partial charge in [-0.25, -0.2) is 29.3 Å². The van der Waals surface area contributed by atoms with E-state index in [1.165, 1.54) is 30.7 Å². The molecule has 0 atom stereocenters. The van der Waals surface area contributed by atoms with Crippen molar-refractivity contribution in [3.8, 4) is 6.07 Å². The molecule has 0 aliphatic heterocycles. The molecule has 0 radical (unpaired) electrons. The van der Waals surface area contributed by atoms with Gasteiger partial charge in [0.1, 0.15) is 11.8 Å². The molecule has 0 amide bonds. The predicted molar refractivity (Wildman–Crippen MR) is 123 cm³/mol. The number of H-pyrrole nitrogens is 3. The molecule has 188 valence electrons. The molecule has 0 spiro atoms. The number of nitrogens with zero attached hydrogens (tertiary/aromatic N) is 6. The van der Waals surface area contributed by atoms with Gasteiger partial charge in [-0.1, -0.05) is 5.16 Å². The number of carboxylic acids is 1. The average molecular weight is 536 g/mol. The van der Waals surface area contributed by atoms with Crippen molar-refractivity contribution in [1.29, 1.82) is 5.26 Å². The fourth-order valence-corrected chi connectivity index (χ4v) is 1.41. The fraction of sp³-hybridized carbons (Fsp3) is 0.118. The van der Waals surface area contributed by atoms with Crippen LogP contribution in [0.5, 0.6) is 0 Å². The van der Waals surface area contributed by atoms with Gasteiger partial charge in [-0.05, 0) is 25.1 Å². The molecule has 17 nitrogen and oxygen atoms in total. The Hall–Kier alpha value is -4.24. The van der Waals surface area contributed by atoms with Gasteiger partial charge < -0.3 is 30.4 Å². The molecule has 0 aliphatic rings. The Balaban J connectivity index is -0.000000185. The molecule has 5 N–H and O–H groups in total. The van der Waals surface area contributed by atoms with Crippen molar-refractivity contribution in [2.45, 2.75) is 13.8 Å². The molecule has 3 aromatic heterocycles. The largest absolute Gasteiger partial charge is 1.00 e. The molecular weight excluding hydrogens is 517 g/mol. The molecule has 0 aliphatic carbocycles. The quantitative estimate of drug-likeness (QED) is 0.0687.